The van der Waals surface area contributed by atoms with Gasteiger partial charge in [-0.15, -0.1) is 0 Å². The summed E-state index contributed by atoms with van der Waals surface area (Å²) in [7, 11) is 0. The fourth-order valence-corrected chi connectivity index (χ4v) is 4.83. The number of nitro groups is 1. The fraction of sp³-hybridized carbons (Fsp3) is 0.185. The van der Waals surface area contributed by atoms with E-state index in [1.54, 1.807) is 0 Å². The van der Waals surface area contributed by atoms with Crippen LogP contribution >= 0.6 is 11.6 Å². The van der Waals surface area contributed by atoms with E-state index in [4.69, 9.17) is 11.6 Å². The average Bonchev–Trinajstić information content (AvgIpc) is 2.92. The SMILES string of the molecule is O=[N+]([O-])c1c(Nc2ccc(F)c(Cl)c2)ncnc1N1CCN(C(c2ccccc2)c2ccccc2)CC1. The summed E-state index contributed by atoms with van der Waals surface area (Å²) in [6, 6.07) is 24.7. The van der Waals surface area contributed by atoms with Crippen molar-refractivity contribution in [3.8, 4) is 0 Å². The van der Waals surface area contributed by atoms with Crippen molar-refractivity contribution in [3.05, 3.63) is 117 Å². The molecule has 2 heterocycles. The zero-order chi connectivity index (χ0) is 25.8. The van der Waals surface area contributed by atoms with Gasteiger partial charge in [0.25, 0.3) is 0 Å². The standard InChI is InChI=1S/C27H24ClFN6O2/c28-22-17-21(11-12-23(22)29)32-26-25(35(36)37)27(31-18-30-26)34-15-13-33(14-16-34)24(19-7-3-1-4-8-19)20-9-5-2-6-10-20/h1-12,17-18,24H,13-16H2,(H,30,31,32). The molecule has 0 atom stereocenters. The van der Waals surface area contributed by atoms with Crippen molar-refractivity contribution < 1.29 is 9.31 Å². The van der Waals surface area contributed by atoms with E-state index in [-0.39, 0.29) is 28.4 Å². The van der Waals surface area contributed by atoms with E-state index in [0.717, 1.165) is 0 Å². The number of hydrogen-bond acceptors (Lipinski definition) is 7. The molecule has 0 saturated carbocycles. The van der Waals surface area contributed by atoms with Crippen LogP contribution in [0.2, 0.25) is 5.02 Å². The van der Waals surface area contributed by atoms with Gasteiger partial charge in [-0.3, -0.25) is 15.0 Å². The van der Waals surface area contributed by atoms with E-state index in [2.05, 4.69) is 44.5 Å². The molecule has 1 aliphatic heterocycles. The van der Waals surface area contributed by atoms with Crippen molar-refractivity contribution in [2.75, 3.05) is 36.4 Å². The van der Waals surface area contributed by atoms with Gasteiger partial charge in [-0.1, -0.05) is 72.3 Å². The van der Waals surface area contributed by atoms with Crippen LogP contribution in [0.15, 0.2) is 85.2 Å². The third-order valence-electron chi connectivity index (χ3n) is 6.38. The number of halogens is 2. The van der Waals surface area contributed by atoms with Gasteiger partial charge in [0, 0.05) is 31.9 Å². The van der Waals surface area contributed by atoms with E-state index in [0.29, 0.717) is 31.9 Å². The van der Waals surface area contributed by atoms with E-state index < -0.39 is 10.7 Å². The van der Waals surface area contributed by atoms with E-state index in [9.17, 15) is 14.5 Å². The summed E-state index contributed by atoms with van der Waals surface area (Å²) in [5, 5.41) is 14.9. The highest BCUT2D eigenvalue weighted by Crippen LogP contribution is 2.36. The summed E-state index contributed by atoms with van der Waals surface area (Å²) < 4.78 is 13.6. The molecule has 188 valence electrons. The molecule has 0 aliphatic carbocycles. The number of nitrogens with zero attached hydrogens (tertiary/aromatic N) is 5. The van der Waals surface area contributed by atoms with Gasteiger partial charge in [-0.25, -0.2) is 14.4 Å². The summed E-state index contributed by atoms with van der Waals surface area (Å²) in [4.78, 5) is 24.3. The number of rotatable bonds is 7. The third-order valence-corrected chi connectivity index (χ3v) is 6.67. The molecule has 1 fully saturated rings. The van der Waals surface area contributed by atoms with Crippen molar-refractivity contribution >= 4 is 34.6 Å². The number of piperazine rings is 1. The van der Waals surface area contributed by atoms with Crippen molar-refractivity contribution in [1.29, 1.82) is 0 Å². The Hall–Kier alpha value is -4.08. The zero-order valence-corrected chi connectivity index (χ0v) is 20.6. The van der Waals surface area contributed by atoms with Gasteiger partial charge in [0.2, 0.25) is 11.6 Å². The number of benzene rings is 3. The van der Waals surface area contributed by atoms with Gasteiger partial charge in [-0.2, -0.15) is 0 Å². The summed E-state index contributed by atoms with van der Waals surface area (Å²) >= 11 is 5.87. The second kappa shape index (κ2) is 10.9. The number of nitrogens with one attached hydrogen (secondary N) is 1. The summed E-state index contributed by atoms with van der Waals surface area (Å²) in [5.41, 5.74) is 2.54. The van der Waals surface area contributed by atoms with Gasteiger partial charge >= 0.3 is 5.69 Å². The lowest BCUT2D eigenvalue weighted by Crippen LogP contribution is -2.48. The largest absolute Gasteiger partial charge is 0.353 e. The Bertz CT molecular complexity index is 1350. The molecule has 0 bridgehead atoms. The lowest BCUT2D eigenvalue weighted by atomic mass is 9.96. The molecule has 5 rings (SSSR count). The topological polar surface area (TPSA) is 87.4 Å². The Morgan fingerprint density at radius 2 is 1.54 bits per heavy atom. The van der Waals surface area contributed by atoms with Gasteiger partial charge in [0.05, 0.1) is 16.0 Å². The number of anilines is 3. The van der Waals surface area contributed by atoms with Crippen LogP contribution in [-0.2, 0) is 0 Å². The van der Waals surface area contributed by atoms with Crippen molar-refractivity contribution in [3.63, 3.8) is 0 Å². The zero-order valence-electron chi connectivity index (χ0n) is 19.8. The van der Waals surface area contributed by atoms with Crippen molar-refractivity contribution in [2.45, 2.75) is 6.04 Å². The first-order chi connectivity index (χ1) is 18.0. The van der Waals surface area contributed by atoms with E-state index in [1.165, 1.54) is 35.7 Å². The summed E-state index contributed by atoms with van der Waals surface area (Å²) in [6.45, 7) is 2.48. The molecule has 4 aromatic rings. The summed E-state index contributed by atoms with van der Waals surface area (Å²) in [6.07, 6.45) is 1.29. The Kier molecular flexibility index (Phi) is 7.25. The van der Waals surface area contributed by atoms with Crippen LogP contribution in [0.4, 0.5) is 27.4 Å². The molecule has 1 N–H and O–H groups in total. The maximum atomic E-state index is 13.6. The minimum Gasteiger partial charge on any atom is -0.348 e. The summed E-state index contributed by atoms with van der Waals surface area (Å²) in [5.74, 6) is -0.315. The molecule has 1 aliphatic rings. The van der Waals surface area contributed by atoms with Crippen LogP contribution < -0.4 is 10.2 Å². The van der Waals surface area contributed by atoms with Crippen LogP contribution in [0.5, 0.6) is 0 Å². The number of aromatic nitrogens is 2. The Labute approximate surface area is 218 Å². The normalized spacial score (nSPS) is 14.1. The molecule has 0 amide bonds. The molecule has 0 radical (unpaired) electrons. The van der Waals surface area contributed by atoms with Crippen LogP contribution in [0, 0.1) is 15.9 Å². The molecule has 8 nitrogen and oxygen atoms in total. The molecule has 0 spiro atoms. The van der Waals surface area contributed by atoms with Crippen LogP contribution in [0.25, 0.3) is 0 Å². The molecule has 1 aromatic heterocycles. The second-order valence-corrected chi connectivity index (χ2v) is 9.06. The minimum absolute atomic E-state index is 0.0200. The van der Waals surface area contributed by atoms with E-state index >= 15 is 0 Å². The van der Waals surface area contributed by atoms with Gasteiger partial charge < -0.3 is 10.2 Å². The molecule has 37 heavy (non-hydrogen) atoms. The van der Waals surface area contributed by atoms with Gasteiger partial charge in [-0.05, 0) is 29.3 Å². The second-order valence-electron chi connectivity index (χ2n) is 8.65. The van der Waals surface area contributed by atoms with Gasteiger partial charge in [0.15, 0.2) is 0 Å². The number of hydrogen-bond donors (Lipinski definition) is 1. The smallest absolute Gasteiger partial charge is 0.348 e. The maximum absolute atomic E-state index is 13.6. The molecular formula is C27H24ClFN6O2. The quantitative estimate of drug-likeness (QED) is 0.243. The first kappa shape index (κ1) is 24.6. The van der Waals surface area contributed by atoms with Gasteiger partial charge in [0.1, 0.15) is 12.1 Å². The fourth-order valence-electron chi connectivity index (χ4n) is 4.65. The highest BCUT2D eigenvalue weighted by molar-refractivity contribution is 6.31. The molecule has 0 unspecified atom stereocenters. The van der Waals surface area contributed by atoms with Crippen LogP contribution in [-0.4, -0.2) is 46.0 Å². The predicted molar refractivity (Wildman–Crippen MR) is 142 cm³/mol. The Morgan fingerprint density at radius 1 is 0.919 bits per heavy atom. The Balaban J connectivity index is 1.39. The highest BCUT2D eigenvalue weighted by atomic mass is 35.5. The predicted octanol–water partition coefficient (Wildman–Crippen LogP) is 5.83. The molecule has 10 heteroatoms. The maximum Gasteiger partial charge on any atom is 0.353 e. The molecular weight excluding hydrogens is 495 g/mol. The third kappa shape index (κ3) is 5.37. The van der Waals surface area contributed by atoms with Crippen LogP contribution in [0.1, 0.15) is 17.2 Å². The highest BCUT2D eigenvalue weighted by Gasteiger charge is 2.32. The molecule has 3 aromatic carbocycles. The molecule has 1 saturated heterocycles. The first-order valence-electron chi connectivity index (χ1n) is 11.8. The monoisotopic (exact) mass is 518 g/mol. The lowest BCUT2D eigenvalue weighted by Gasteiger charge is -2.40. The Morgan fingerprint density at radius 3 is 2.11 bits per heavy atom. The minimum atomic E-state index is -0.577. The van der Waals surface area contributed by atoms with Crippen molar-refractivity contribution in [1.82, 2.24) is 14.9 Å². The average molecular weight is 519 g/mol. The van der Waals surface area contributed by atoms with Crippen LogP contribution in [0.3, 0.4) is 0 Å². The van der Waals surface area contributed by atoms with Crippen molar-refractivity contribution in [2.24, 2.45) is 0 Å². The van der Waals surface area contributed by atoms with E-state index in [1.807, 2.05) is 41.3 Å². The lowest BCUT2D eigenvalue weighted by molar-refractivity contribution is -0.383. The first-order valence-corrected chi connectivity index (χ1v) is 12.2.